The van der Waals surface area contributed by atoms with Crippen LogP contribution in [0.3, 0.4) is 0 Å². The number of ether oxygens (including phenoxy) is 1. The zero-order valence-electron chi connectivity index (χ0n) is 16.7. The van der Waals surface area contributed by atoms with Gasteiger partial charge in [-0.25, -0.2) is 14.4 Å². The van der Waals surface area contributed by atoms with E-state index >= 15 is 0 Å². The van der Waals surface area contributed by atoms with Crippen molar-refractivity contribution in [3.8, 4) is 0 Å². The number of hydrogen-bond acceptors (Lipinski definition) is 6. The molecule has 150 valence electrons. The monoisotopic (exact) mass is 379 g/mol. The SMILES string of the molecule is CCOCC(=O)N1C[C@@H]2CN(c3ncnc(CC)c3F)C[C@]2(CN(C)C)C1. The molecule has 7 nitrogen and oxygen atoms in total. The minimum absolute atomic E-state index is 0.0393. The molecular formula is C19H30FN5O2. The van der Waals surface area contributed by atoms with E-state index in [1.165, 1.54) is 6.33 Å². The Morgan fingerprint density at radius 1 is 1.33 bits per heavy atom. The third-order valence-electron chi connectivity index (χ3n) is 5.65. The van der Waals surface area contributed by atoms with Crippen molar-refractivity contribution < 1.29 is 13.9 Å². The molecule has 0 radical (unpaired) electrons. The van der Waals surface area contributed by atoms with E-state index in [-0.39, 0.29) is 29.7 Å². The first-order valence-electron chi connectivity index (χ1n) is 9.64. The first-order chi connectivity index (χ1) is 12.9. The van der Waals surface area contributed by atoms with Crippen molar-refractivity contribution in [2.24, 2.45) is 11.3 Å². The summed E-state index contributed by atoms with van der Waals surface area (Å²) in [4.78, 5) is 26.8. The van der Waals surface area contributed by atoms with Gasteiger partial charge in [0, 0.05) is 50.7 Å². The Morgan fingerprint density at radius 3 is 2.78 bits per heavy atom. The molecule has 3 heterocycles. The molecule has 2 fully saturated rings. The van der Waals surface area contributed by atoms with E-state index in [1.807, 2.05) is 37.7 Å². The Hall–Kier alpha value is -1.80. The lowest BCUT2D eigenvalue weighted by Crippen LogP contribution is -2.43. The van der Waals surface area contributed by atoms with Gasteiger partial charge in [0.15, 0.2) is 11.6 Å². The third kappa shape index (κ3) is 3.91. The fraction of sp³-hybridized carbons (Fsp3) is 0.737. The van der Waals surface area contributed by atoms with Crippen LogP contribution in [0.4, 0.5) is 10.2 Å². The lowest BCUT2D eigenvalue weighted by atomic mass is 9.80. The van der Waals surface area contributed by atoms with Crippen molar-refractivity contribution >= 4 is 11.7 Å². The molecule has 3 rings (SSSR count). The van der Waals surface area contributed by atoms with Crippen LogP contribution in [0.25, 0.3) is 0 Å². The molecule has 8 heteroatoms. The van der Waals surface area contributed by atoms with Gasteiger partial charge in [0.25, 0.3) is 0 Å². The zero-order chi connectivity index (χ0) is 19.6. The fourth-order valence-corrected chi connectivity index (χ4v) is 4.53. The number of amides is 1. The van der Waals surface area contributed by atoms with Crippen LogP contribution >= 0.6 is 0 Å². The van der Waals surface area contributed by atoms with Gasteiger partial charge >= 0.3 is 0 Å². The van der Waals surface area contributed by atoms with Gasteiger partial charge in [-0.15, -0.1) is 0 Å². The number of carbonyl (C=O) groups excluding carboxylic acids is 1. The molecule has 27 heavy (non-hydrogen) atoms. The quantitative estimate of drug-likeness (QED) is 0.706. The van der Waals surface area contributed by atoms with E-state index in [2.05, 4.69) is 14.9 Å². The highest BCUT2D eigenvalue weighted by atomic mass is 19.1. The summed E-state index contributed by atoms with van der Waals surface area (Å²) in [5.74, 6) is 0.396. The molecule has 2 saturated heterocycles. The largest absolute Gasteiger partial charge is 0.372 e. The van der Waals surface area contributed by atoms with Gasteiger partial charge in [-0.1, -0.05) is 6.92 Å². The smallest absolute Gasteiger partial charge is 0.248 e. The van der Waals surface area contributed by atoms with Gasteiger partial charge < -0.3 is 19.4 Å². The number of likely N-dealkylation sites (tertiary alicyclic amines) is 1. The Kier molecular flexibility index (Phi) is 5.95. The molecule has 0 bridgehead atoms. The van der Waals surface area contributed by atoms with Crippen molar-refractivity contribution in [1.82, 2.24) is 19.8 Å². The van der Waals surface area contributed by atoms with E-state index in [9.17, 15) is 9.18 Å². The third-order valence-corrected chi connectivity index (χ3v) is 5.65. The molecule has 0 unspecified atom stereocenters. The van der Waals surface area contributed by atoms with Crippen LogP contribution in [0.1, 0.15) is 19.5 Å². The maximum absolute atomic E-state index is 14.8. The molecule has 0 saturated carbocycles. The second-order valence-corrected chi connectivity index (χ2v) is 7.90. The first-order valence-corrected chi connectivity index (χ1v) is 9.64. The normalized spacial score (nSPS) is 24.7. The van der Waals surface area contributed by atoms with Crippen LogP contribution in [0, 0.1) is 17.2 Å². The molecule has 2 aliphatic rings. The van der Waals surface area contributed by atoms with Gasteiger partial charge in [-0.05, 0) is 27.4 Å². The molecular weight excluding hydrogens is 349 g/mol. The molecule has 0 aromatic carbocycles. The predicted octanol–water partition coefficient (Wildman–Crippen LogP) is 1.04. The second-order valence-electron chi connectivity index (χ2n) is 7.90. The molecule has 1 aromatic heterocycles. The summed E-state index contributed by atoms with van der Waals surface area (Å²) in [6.45, 7) is 8.03. The lowest BCUT2D eigenvalue weighted by Gasteiger charge is -2.32. The highest BCUT2D eigenvalue weighted by molar-refractivity contribution is 5.78. The van der Waals surface area contributed by atoms with E-state index in [4.69, 9.17) is 4.74 Å². The summed E-state index contributed by atoms with van der Waals surface area (Å²) in [5, 5.41) is 0. The highest BCUT2D eigenvalue weighted by Gasteiger charge is 2.54. The van der Waals surface area contributed by atoms with Crippen molar-refractivity contribution in [1.29, 1.82) is 0 Å². The van der Waals surface area contributed by atoms with Gasteiger partial charge in [-0.3, -0.25) is 4.79 Å². The van der Waals surface area contributed by atoms with Gasteiger partial charge in [0.2, 0.25) is 5.91 Å². The average molecular weight is 379 g/mol. The Morgan fingerprint density at radius 2 is 2.11 bits per heavy atom. The highest BCUT2D eigenvalue weighted by Crippen LogP contribution is 2.44. The van der Waals surface area contributed by atoms with Gasteiger partial charge in [0.1, 0.15) is 12.9 Å². The second kappa shape index (κ2) is 8.06. The zero-order valence-corrected chi connectivity index (χ0v) is 16.7. The first kappa shape index (κ1) is 19.9. The predicted molar refractivity (Wildman–Crippen MR) is 101 cm³/mol. The molecule has 2 atom stereocenters. The maximum Gasteiger partial charge on any atom is 0.248 e. The van der Waals surface area contributed by atoms with Crippen LogP contribution in [0.5, 0.6) is 0 Å². The summed E-state index contributed by atoms with van der Waals surface area (Å²) in [6.07, 6.45) is 1.99. The summed E-state index contributed by atoms with van der Waals surface area (Å²) in [5.41, 5.74) is 0.363. The summed E-state index contributed by atoms with van der Waals surface area (Å²) in [7, 11) is 4.08. The van der Waals surface area contributed by atoms with Crippen molar-refractivity contribution in [2.45, 2.75) is 20.3 Å². The summed E-state index contributed by atoms with van der Waals surface area (Å²) >= 11 is 0. The number of rotatable bonds is 7. The standard InChI is InChI=1S/C19H30FN5O2/c1-5-15-17(20)18(22-13-21-15)25-8-14-7-24(16(26)9-27-6-2)11-19(14,12-25)10-23(3)4/h13-14H,5-12H2,1-4H3/t14-,19+/m1/s1. The van der Waals surface area contributed by atoms with E-state index in [0.717, 1.165) is 6.54 Å². The molecule has 2 aliphatic heterocycles. The lowest BCUT2D eigenvalue weighted by molar-refractivity contribution is -0.135. The number of aromatic nitrogens is 2. The Balaban J connectivity index is 1.80. The minimum atomic E-state index is -0.316. The fourth-order valence-electron chi connectivity index (χ4n) is 4.53. The Labute approximate surface area is 160 Å². The van der Waals surface area contributed by atoms with Crippen LogP contribution in [0.15, 0.2) is 6.33 Å². The van der Waals surface area contributed by atoms with Crippen molar-refractivity contribution in [2.75, 3.05) is 64.9 Å². The topological polar surface area (TPSA) is 61.8 Å². The molecule has 1 aromatic rings. The summed E-state index contributed by atoms with van der Waals surface area (Å²) < 4.78 is 20.1. The number of anilines is 1. The maximum atomic E-state index is 14.8. The van der Waals surface area contributed by atoms with E-state index in [1.54, 1.807) is 0 Å². The van der Waals surface area contributed by atoms with Crippen LogP contribution in [0.2, 0.25) is 0 Å². The van der Waals surface area contributed by atoms with Crippen LogP contribution in [-0.4, -0.2) is 85.7 Å². The van der Waals surface area contributed by atoms with E-state index < -0.39 is 0 Å². The number of carbonyl (C=O) groups is 1. The number of fused-ring (bicyclic) bond motifs is 1. The van der Waals surface area contributed by atoms with Gasteiger partial charge in [-0.2, -0.15) is 0 Å². The molecule has 0 spiro atoms. The average Bonchev–Trinajstić information content (AvgIpc) is 3.12. The molecule has 0 aliphatic carbocycles. The number of hydrogen-bond donors (Lipinski definition) is 0. The van der Waals surface area contributed by atoms with Crippen LogP contribution < -0.4 is 4.90 Å². The Bertz CT molecular complexity index is 686. The van der Waals surface area contributed by atoms with E-state index in [0.29, 0.717) is 50.7 Å². The van der Waals surface area contributed by atoms with Crippen LogP contribution in [-0.2, 0) is 16.0 Å². The number of nitrogens with zero attached hydrogens (tertiary/aromatic N) is 5. The van der Waals surface area contributed by atoms with Crippen molar-refractivity contribution in [3.63, 3.8) is 0 Å². The number of halogens is 1. The van der Waals surface area contributed by atoms with Crippen molar-refractivity contribution in [3.05, 3.63) is 17.8 Å². The molecule has 1 amide bonds. The van der Waals surface area contributed by atoms with Gasteiger partial charge in [0.05, 0.1) is 5.69 Å². The minimum Gasteiger partial charge on any atom is -0.372 e. The number of aryl methyl sites for hydroxylation is 1. The summed E-state index contributed by atoms with van der Waals surface area (Å²) in [6, 6.07) is 0. The molecule has 0 N–H and O–H groups in total.